The summed E-state index contributed by atoms with van der Waals surface area (Å²) in [7, 11) is -2.37. The van der Waals surface area contributed by atoms with Gasteiger partial charge >= 0.3 is 11.8 Å². The number of rotatable bonds is 6. The average molecular weight is 434 g/mol. The maximum atomic E-state index is 12.7. The van der Waals surface area contributed by atoms with Gasteiger partial charge in [-0.2, -0.15) is 0 Å². The fourth-order valence-corrected chi connectivity index (χ4v) is 5.20. The minimum Gasteiger partial charge on any atom is -0.495 e. The molecule has 0 bridgehead atoms. The predicted octanol–water partition coefficient (Wildman–Crippen LogP) is 2.84. The van der Waals surface area contributed by atoms with Crippen LogP contribution < -0.4 is 9.46 Å². The van der Waals surface area contributed by atoms with Crippen molar-refractivity contribution in [3.05, 3.63) is 41.6 Å². The van der Waals surface area contributed by atoms with Gasteiger partial charge in [-0.3, -0.25) is 9.52 Å². The Kier molecular flexibility index (Phi) is 5.24. The third-order valence-corrected chi connectivity index (χ3v) is 7.24. The molecular formula is C18H18N4O5S2. The number of nitrogens with one attached hydrogen (secondary N) is 1. The van der Waals surface area contributed by atoms with Crippen LogP contribution >= 0.6 is 11.3 Å². The van der Waals surface area contributed by atoms with Crippen molar-refractivity contribution in [1.82, 2.24) is 15.1 Å². The lowest BCUT2D eigenvalue weighted by molar-refractivity contribution is 0.0754. The van der Waals surface area contributed by atoms with Crippen LogP contribution in [0.2, 0.25) is 0 Å². The van der Waals surface area contributed by atoms with E-state index in [1.807, 2.05) is 0 Å². The van der Waals surface area contributed by atoms with E-state index >= 15 is 0 Å². The molecule has 0 unspecified atom stereocenters. The molecule has 1 aliphatic heterocycles. The predicted molar refractivity (Wildman–Crippen MR) is 107 cm³/mol. The van der Waals surface area contributed by atoms with Crippen molar-refractivity contribution in [2.24, 2.45) is 0 Å². The maximum Gasteiger partial charge on any atom is 0.311 e. The average Bonchev–Trinajstić information content (AvgIpc) is 3.49. The zero-order valence-electron chi connectivity index (χ0n) is 15.5. The standard InChI is InChI=1S/C18H18N4O5S2/c1-26-14-7-3-2-6-13(14)21-29(24,25)15-10-12(11-28-15)16-19-20-17(27-16)18(23)22-8-4-5-9-22/h2-3,6-7,10-11,21H,4-5,8-9H2,1H3. The third kappa shape index (κ3) is 3.96. The molecule has 0 saturated carbocycles. The number of aromatic nitrogens is 2. The summed E-state index contributed by atoms with van der Waals surface area (Å²) in [6.07, 6.45) is 1.91. The first kappa shape index (κ1) is 19.4. The van der Waals surface area contributed by atoms with Crippen molar-refractivity contribution in [2.75, 3.05) is 24.9 Å². The van der Waals surface area contributed by atoms with Gasteiger partial charge in [-0.25, -0.2) is 8.42 Å². The highest BCUT2D eigenvalue weighted by atomic mass is 32.2. The number of thiophene rings is 1. The van der Waals surface area contributed by atoms with Crippen LogP contribution in [0.1, 0.15) is 23.5 Å². The van der Waals surface area contributed by atoms with Crippen LogP contribution in [0.15, 0.2) is 44.3 Å². The van der Waals surface area contributed by atoms with Gasteiger partial charge in [-0.1, -0.05) is 12.1 Å². The van der Waals surface area contributed by atoms with Gasteiger partial charge < -0.3 is 14.1 Å². The molecule has 0 atom stereocenters. The molecule has 9 nitrogen and oxygen atoms in total. The van der Waals surface area contributed by atoms with Crippen molar-refractivity contribution < 1.29 is 22.4 Å². The van der Waals surface area contributed by atoms with Gasteiger partial charge in [0, 0.05) is 18.5 Å². The zero-order valence-corrected chi connectivity index (χ0v) is 17.1. The van der Waals surface area contributed by atoms with Gasteiger partial charge in [0.25, 0.3) is 10.0 Å². The summed E-state index contributed by atoms with van der Waals surface area (Å²) in [5, 5.41) is 9.30. The zero-order chi connectivity index (χ0) is 20.4. The first-order valence-electron chi connectivity index (χ1n) is 8.85. The summed E-state index contributed by atoms with van der Waals surface area (Å²) in [4.78, 5) is 14.0. The summed E-state index contributed by atoms with van der Waals surface area (Å²) < 4.78 is 38.7. The van der Waals surface area contributed by atoms with Crippen LogP contribution in [0.4, 0.5) is 5.69 Å². The quantitative estimate of drug-likeness (QED) is 0.634. The maximum absolute atomic E-state index is 12.7. The molecule has 1 amide bonds. The molecule has 3 aromatic rings. The van der Waals surface area contributed by atoms with Crippen molar-refractivity contribution in [3.63, 3.8) is 0 Å². The molecular weight excluding hydrogens is 416 g/mol. The van der Waals surface area contributed by atoms with E-state index in [4.69, 9.17) is 9.15 Å². The Bertz CT molecular complexity index is 1130. The largest absolute Gasteiger partial charge is 0.495 e. The number of para-hydroxylation sites is 2. The van der Waals surface area contributed by atoms with E-state index < -0.39 is 10.0 Å². The summed E-state index contributed by atoms with van der Waals surface area (Å²) in [6.45, 7) is 1.35. The van der Waals surface area contributed by atoms with Crippen molar-refractivity contribution in [2.45, 2.75) is 17.1 Å². The van der Waals surface area contributed by atoms with Crippen LogP contribution in [-0.2, 0) is 10.0 Å². The highest BCUT2D eigenvalue weighted by molar-refractivity contribution is 7.94. The van der Waals surface area contributed by atoms with Crippen LogP contribution in [0.25, 0.3) is 11.5 Å². The Morgan fingerprint density at radius 2 is 2.00 bits per heavy atom. The number of hydrogen-bond acceptors (Lipinski definition) is 8. The third-order valence-electron chi connectivity index (χ3n) is 4.44. The molecule has 1 saturated heterocycles. The molecule has 4 rings (SSSR count). The molecule has 0 spiro atoms. The second-order valence-electron chi connectivity index (χ2n) is 6.37. The van der Waals surface area contributed by atoms with Crippen molar-refractivity contribution >= 4 is 33.0 Å². The molecule has 1 N–H and O–H groups in total. The van der Waals surface area contributed by atoms with Crippen molar-refractivity contribution in [1.29, 1.82) is 0 Å². The molecule has 0 aliphatic carbocycles. The first-order valence-corrected chi connectivity index (χ1v) is 11.2. The van der Waals surface area contributed by atoms with Crippen LogP contribution in [0.3, 0.4) is 0 Å². The Hall–Kier alpha value is -2.92. The minimum atomic E-state index is -3.83. The lowest BCUT2D eigenvalue weighted by Crippen LogP contribution is -2.27. The van der Waals surface area contributed by atoms with Gasteiger partial charge in [0.1, 0.15) is 9.96 Å². The molecule has 2 aromatic heterocycles. The lowest BCUT2D eigenvalue weighted by Gasteiger charge is -2.11. The highest BCUT2D eigenvalue weighted by Crippen LogP contribution is 2.31. The molecule has 11 heteroatoms. The number of methoxy groups -OCH3 is 1. The normalized spacial score (nSPS) is 14.2. The van der Waals surface area contributed by atoms with Crippen LogP contribution in [-0.4, -0.2) is 49.6 Å². The summed E-state index contributed by atoms with van der Waals surface area (Å²) in [5.41, 5.74) is 0.768. The monoisotopic (exact) mass is 434 g/mol. The highest BCUT2D eigenvalue weighted by Gasteiger charge is 2.26. The van der Waals surface area contributed by atoms with E-state index in [2.05, 4.69) is 14.9 Å². The SMILES string of the molecule is COc1ccccc1NS(=O)(=O)c1cc(-c2nnc(C(=O)N3CCCC3)o2)cs1. The summed E-state index contributed by atoms with van der Waals surface area (Å²) in [6, 6.07) is 8.16. The van der Waals surface area contributed by atoms with Gasteiger partial charge in [-0.15, -0.1) is 21.5 Å². The number of carbonyl (C=O) groups is 1. The number of amides is 1. The Morgan fingerprint density at radius 1 is 1.24 bits per heavy atom. The van der Waals surface area contributed by atoms with E-state index in [9.17, 15) is 13.2 Å². The molecule has 1 aliphatic rings. The van der Waals surface area contributed by atoms with Crippen molar-refractivity contribution in [3.8, 4) is 17.2 Å². The number of sulfonamides is 1. The van der Waals surface area contributed by atoms with E-state index in [0.29, 0.717) is 30.1 Å². The molecule has 0 radical (unpaired) electrons. The number of hydrogen-bond donors (Lipinski definition) is 1. The summed E-state index contributed by atoms with van der Waals surface area (Å²) >= 11 is 1.01. The van der Waals surface area contributed by atoms with Gasteiger partial charge in [0.15, 0.2) is 0 Å². The number of ether oxygens (including phenoxy) is 1. The van der Waals surface area contributed by atoms with E-state index in [-0.39, 0.29) is 21.9 Å². The number of likely N-dealkylation sites (tertiary alicyclic amines) is 1. The number of nitrogens with zero attached hydrogens (tertiary/aromatic N) is 3. The van der Waals surface area contributed by atoms with E-state index in [1.54, 1.807) is 34.5 Å². The second-order valence-corrected chi connectivity index (χ2v) is 9.19. The van der Waals surface area contributed by atoms with Crippen LogP contribution in [0, 0.1) is 0 Å². The fourth-order valence-electron chi connectivity index (χ4n) is 2.98. The molecule has 1 aromatic carbocycles. The van der Waals surface area contributed by atoms with Gasteiger partial charge in [0.2, 0.25) is 5.89 Å². The molecule has 29 heavy (non-hydrogen) atoms. The second kappa shape index (κ2) is 7.84. The fraction of sp³-hybridized carbons (Fsp3) is 0.278. The van der Waals surface area contributed by atoms with Gasteiger partial charge in [-0.05, 0) is 31.0 Å². The topological polar surface area (TPSA) is 115 Å². The lowest BCUT2D eigenvalue weighted by atomic mass is 10.3. The first-order chi connectivity index (χ1) is 14.0. The molecule has 152 valence electrons. The van der Waals surface area contributed by atoms with Crippen LogP contribution in [0.5, 0.6) is 5.75 Å². The Balaban J connectivity index is 1.54. The Labute approximate surface area is 171 Å². The van der Waals surface area contributed by atoms with Gasteiger partial charge in [0.05, 0.1) is 18.4 Å². The number of anilines is 1. The minimum absolute atomic E-state index is 0.0732. The summed E-state index contributed by atoms with van der Waals surface area (Å²) in [5.74, 6) is 0.115. The Morgan fingerprint density at radius 3 is 2.76 bits per heavy atom. The smallest absolute Gasteiger partial charge is 0.311 e. The molecule has 3 heterocycles. The van der Waals surface area contributed by atoms with E-state index in [1.165, 1.54) is 13.2 Å². The molecule has 1 fully saturated rings. The van der Waals surface area contributed by atoms with E-state index in [0.717, 1.165) is 24.2 Å². The number of benzene rings is 1. The number of carbonyl (C=O) groups excluding carboxylic acids is 1.